The van der Waals surface area contributed by atoms with Gasteiger partial charge in [0.2, 0.25) is 5.28 Å². The number of methoxy groups -OCH3 is 1. The Hall–Kier alpha value is -0.770. The van der Waals surface area contributed by atoms with Crippen molar-refractivity contribution in [1.82, 2.24) is 14.8 Å². The number of hydrogen-bond donors (Lipinski definition) is 0. The smallest absolute Gasteiger partial charge is 0.317 e. The molecule has 1 fully saturated rings. The zero-order valence-corrected chi connectivity index (χ0v) is 6.88. The molecule has 0 spiro atoms. The van der Waals surface area contributed by atoms with Gasteiger partial charge in [0.25, 0.3) is 0 Å². The molecule has 0 unspecified atom stereocenters. The van der Waals surface area contributed by atoms with Crippen LogP contribution in [0.3, 0.4) is 0 Å². The van der Waals surface area contributed by atoms with Gasteiger partial charge < -0.3 is 4.74 Å². The molecular weight excluding hydrogens is 166 g/mol. The molecule has 0 bridgehead atoms. The van der Waals surface area contributed by atoms with Gasteiger partial charge in [0.05, 0.1) is 7.11 Å². The molecule has 0 N–H and O–H groups in total. The Bertz CT molecular complexity index is 269. The van der Waals surface area contributed by atoms with Crippen molar-refractivity contribution in [1.29, 1.82) is 0 Å². The first kappa shape index (κ1) is 6.91. The lowest BCUT2D eigenvalue weighted by Gasteiger charge is -2.01. The van der Waals surface area contributed by atoms with E-state index in [9.17, 15) is 0 Å². The van der Waals surface area contributed by atoms with Gasteiger partial charge >= 0.3 is 6.01 Å². The van der Waals surface area contributed by atoms with Crippen LogP contribution >= 0.6 is 11.6 Å². The molecule has 5 heteroatoms. The number of rotatable bonds is 2. The largest absolute Gasteiger partial charge is 0.467 e. The van der Waals surface area contributed by atoms with Crippen molar-refractivity contribution >= 4 is 11.6 Å². The van der Waals surface area contributed by atoms with Gasteiger partial charge in [-0.25, -0.2) is 0 Å². The van der Waals surface area contributed by atoms with Gasteiger partial charge in [0.1, 0.15) is 0 Å². The Kier molecular flexibility index (Phi) is 1.49. The van der Waals surface area contributed by atoms with Crippen molar-refractivity contribution in [2.24, 2.45) is 0 Å². The minimum absolute atomic E-state index is 0.421. The molecule has 0 amide bonds. The van der Waals surface area contributed by atoms with Crippen molar-refractivity contribution < 1.29 is 4.74 Å². The standard InChI is InChI=1S/C6H8ClN3O/c1-11-6-9-8-5(7)10(6)4-2-3-4/h4H,2-3H2,1H3. The number of aromatic nitrogens is 3. The highest BCUT2D eigenvalue weighted by atomic mass is 35.5. The molecule has 1 aromatic rings. The van der Waals surface area contributed by atoms with E-state index >= 15 is 0 Å². The minimum atomic E-state index is 0.421. The summed E-state index contributed by atoms with van der Waals surface area (Å²) in [6, 6.07) is 0.977. The zero-order chi connectivity index (χ0) is 7.84. The number of hydrogen-bond acceptors (Lipinski definition) is 3. The molecule has 0 aliphatic heterocycles. The molecule has 1 heterocycles. The molecule has 11 heavy (non-hydrogen) atoms. The van der Waals surface area contributed by atoms with Gasteiger partial charge in [0.15, 0.2) is 0 Å². The lowest BCUT2D eigenvalue weighted by Crippen LogP contribution is -1.98. The highest BCUT2D eigenvalue weighted by molar-refractivity contribution is 6.28. The van der Waals surface area contributed by atoms with Crippen LogP contribution in [-0.2, 0) is 0 Å². The van der Waals surface area contributed by atoms with Crippen molar-refractivity contribution in [3.63, 3.8) is 0 Å². The lowest BCUT2D eigenvalue weighted by molar-refractivity contribution is 0.356. The summed E-state index contributed by atoms with van der Waals surface area (Å²) in [5.41, 5.74) is 0. The number of nitrogens with zero attached hydrogens (tertiary/aromatic N) is 3. The second kappa shape index (κ2) is 2.37. The Morgan fingerprint density at radius 3 is 2.82 bits per heavy atom. The Balaban J connectivity index is 2.38. The summed E-state index contributed by atoms with van der Waals surface area (Å²) in [6.07, 6.45) is 2.29. The van der Waals surface area contributed by atoms with Crippen molar-refractivity contribution in [3.8, 4) is 6.01 Å². The predicted molar refractivity (Wildman–Crippen MR) is 39.9 cm³/mol. The Morgan fingerprint density at radius 1 is 1.55 bits per heavy atom. The van der Waals surface area contributed by atoms with Crippen LogP contribution in [0, 0.1) is 0 Å². The summed E-state index contributed by atoms with van der Waals surface area (Å²) in [5.74, 6) is 0. The maximum Gasteiger partial charge on any atom is 0.317 e. The van der Waals surface area contributed by atoms with E-state index in [1.165, 1.54) is 0 Å². The Morgan fingerprint density at radius 2 is 2.27 bits per heavy atom. The average molecular weight is 174 g/mol. The first-order chi connectivity index (χ1) is 5.33. The highest BCUT2D eigenvalue weighted by Gasteiger charge is 2.29. The molecule has 4 nitrogen and oxygen atoms in total. The van der Waals surface area contributed by atoms with E-state index in [0.29, 0.717) is 17.3 Å². The van der Waals surface area contributed by atoms with Crippen molar-refractivity contribution in [2.75, 3.05) is 7.11 Å². The van der Waals surface area contributed by atoms with Crippen LogP contribution < -0.4 is 4.74 Å². The molecule has 1 aromatic heterocycles. The summed E-state index contributed by atoms with van der Waals surface area (Å²) in [7, 11) is 1.57. The normalized spacial score (nSPS) is 16.9. The fourth-order valence-electron chi connectivity index (χ4n) is 1.04. The van der Waals surface area contributed by atoms with E-state index in [4.69, 9.17) is 16.3 Å². The Labute approximate surface area is 69.1 Å². The average Bonchev–Trinajstić information content (AvgIpc) is 2.76. The van der Waals surface area contributed by atoms with E-state index < -0.39 is 0 Å². The summed E-state index contributed by atoms with van der Waals surface area (Å²) in [4.78, 5) is 0. The van der Waals surface area contributed by atoms with Gasteiger partial charge in [-0.2, -0.15) is 0 Å². The fraction of sp³-hybridized carbons (Fsp3) is 0.667. The maximum atomic E-state index is 5.77. The first-order valence-corrected chi connectivity index (χ1v) is 3.85. The monoisotopic (exact) mass is 173 g/mol. The van der Waals surface area contributed by atoms with Crippen LogP contribution in [-0.4, -0.2) is 21.9 Å². The third kappa shape index (κ3) is 1.07. The molecule has 0 saturated heterocycles. The number of ether oxygens (including phenoxy) is 1. The van der Waals surface area contributed by atoms with Crippen molar-refractivity contribution in [2.45, 2.75) is 18.9 Å². The SMILES string of the molecule is COc1nnc(Cl)n1C1CC1. The van der Waals surface area contributed by atoms with Crippen LogP contribution in [0.2, 0.25) is 5.28 Å². The van der Waals surface area contributed by atoms with Gasteiger partial charge in [-0.1, -0.05) is 5.10 Å². The van der Waals surface area contributed by atoms with Crippen LogP contribution in [0.1, 0.15) is 18.9 Å². The van der Waals surface area contributed by atoms with Crippen LogP contribution in [0.5, 0.6) is 6.01 Å². The fourth-order valence-corrected chi connectivity index (χ4v) is 1.29. The molecule has 1 aliphatic rings. The molecule has 2 rings (SSSR count). The molecule has 1 saturated carbocycles. The molecule has 0 aromatic carbocycles. The molecule has 0 radical (unpaired) electrons. The third-order valence-electron chi connectivity index (χ3n) is 1.72. The predicted octanol–water partition coefficient (Wildman–Crippen LogP) is 1.27. The quantitative estimate of drug-likeness (QED) is 0.677. The minimum Gasteiger partial charge on any atom is -0.467 e. The van der Waals surface area contributed by atoms with Crippen LogP contribution in [0.15, 0.2) is 0 Å². The zero-order valence-electron chi connectivity index (χ0n) is 6.12. The summed E-state index contributed by atoms with van der Waals surface area (Å²) in [6.45, 7) is 0. The summed E-state index contributed by atoms with van der Waals surface area (Å²) in [5, 5.41) is 7.88. The van der Waals surface area contributed by atoms with Gasteiger partial charge in [-0.3, -0.25) is 4.57 Å². The molecule has 60 valence electrons. The van der Waals surface area contributed by atoms with E-state index in [1.54, 1.807) is 7.11 Å². The lowest BCUT2D eigenvalue weighted by atomic mass is 10.7. The second-order valence-corrected chi connectivity index (χ2v) is 2.89. The molecule has 1 aliphatic carbocycles. The first-order valence-electron chi connectivity index (χ1n) is 3.47. The van der Waals surface area contributed by atoms with Crippen LogP contribution in [0.4, 0.5) is 0 Å². The summed E-state index contributed by atoms with van der Waals surface area (Å²) >= 11 is 5.77. The molecular formula is C6H8ClN3O. The van der Waals surface area contributed by atoms with Crippen LogP contribution in [0.25, 0.3) is 0 Å². The number of halogens is 1. The van der Waals surface area contributed by atoms with Gasteiger partial charge in [-0.05, 0) is 24.4 Å². The van der Waals surface area contributed by atoms with E-state index in [2.05, 4.69) is 10.2 Å². The summed E-state index contributed by atoms with van der Waals surface area (Å²) < 4.78 is 6.79. The van der Waals surface area contributed by atoms with E-state index in [0.717, 1.165) is 12.8 Å². The molecule has 0 atom stereocenters. The highest BCUT2D eigenvalue weighted by Crippen LogP contribution is 2.39. The van der Waals surface area contributed by atoms with E-state index in [-0.39, 0.29) is 0 Å². The van der Waals surface area contributed by atoms with E-state index in [1.807, 2.05) is 4.57 Å². The van der Waals surface area contributed by atoms with Crippen molar-refractivity contribution in [3.05, 3.63) is 5.28 Å². The van der Waals surface area contributed by atoms with Gasteiger partial charge in [-0.15, -0.1) is 5.10 Å². The van der Waals surface area contributed by atoms with Gasteiger partial charge in [0, 0.05) is 6.04 Å². The maximum absolute atomic E-state index is 5.77. The third-order valence-corrected chi connectivity index (χ3v) is 1.98. The second-order valence-electron chi connectivity index (χ2n) is 2.56. The topological polar surface area (TPSA) is 39.9 Å².